The second-order valence-electron chi connectivity index (χ2n) is 4.53. The van der Waals surface area contributed by atoms with Gasteiger partial charge in [0.15, 0.2) is 0 Å². The average molecular weight is 320 g/mol. The van der Waals surface area contributed by atoms with Crippen molar-refractivity contribution in [2.75, 3.05) is 19.0 Å². The number of aromatic nitrogens is 1. The van der Waals surface area contributed by atoms with Crippen LogP contribution in [0.15, 0.2) is 47.2 Å². The van der Waals surface area contributed by atoms with Gasteiger partial charge in [-0.05, 0) is 52.3 Å². The van der Waals surface area contributed by atoms with E-state index < -0.39 is 0 Å². The number of nitrogens with one attached hydrogen (secondary N) is 1. The molecule has 0 fully saturated rings. The molecule has 0 unspecified atom stereocenters. The molecule has 0 radical (unpaired) electrons. The molecule has 1 N–H and O–H groups in total. The van der Waals surface area contributed by atoms with E-state index in [9.17, 15) is 0 Å². The lowest BCUT2D eigenvalue weighted by molar-refractivity contribution is 0.816. The van der Waals surface area contributed by atoms with E-state index in [0.29, 0.717) is 0 Å². The summed E-state index contributed by atoms with van der Waals surface area (Å²) >= 11 is 3.65. The van der Waals surface area contributed by atoms with E-state index >= 15 is 0 Å². The van der Waals surface area contributed by atoms with Crippen LogP contribution in [0, 0.1) is 0 Å². The van der Waals surface area contributed by atoms with Crippen LogP contribution in [0.3, 0.4) is 0 Å². The molecule has 0 aliphatic heterocycles. The Morgan fingerprint density at radius 1 is 1.26 bits per heavy atom. The number of hydrogen-bond acceptors (Lipinski definition) is 3. The van der Waals surface area contributed by atoms with E-state index in [1.807, 2.05) is 19.3 Å². The minimum Gasteiger partial charge on any atom is -0.369 e. The molecular formula is C15H18BrN3. The van der Waals surface area contributed by atoms with Crippen molar-refractivity contribution in [1.82, 2.24) is 10.3 Å². The summed E-state index contributed by atoms with van der Waals surface area (Å²) in [6, 6.07) is 10.5. The summed E-state index contributed by atoms with van der Waals surface area (Å²) in [6.07, 6.45) is 3.70. The van der Waals surface area contributed by atoms with Crippen molar-refractivity contribution in [3.63, 3.8) is 0 Å². The highest BCUT2D eigenvalue weighted by atomic mass is 79.9. The highest BCUT2D eigenvalue weighted by Gasteiger charge is 2.07. The molecule has 0 spiro atoms. The third-order valence-electron chi connectivity index (χ3n) is 2.95. The number of pyridine rings is 1. The van der Waals surface area contributed by atoms with E-state index in [1.165, 1.54) is 16.8 Å². The summed E-state index contributed by atoms with van der Waals surface area (Å²) in [7, 11) is 4.04. The maximum absolute atomic E-state index is 4.15. The number of anilines is 1. The Bertz CT molecular complexity index is 528. The van der Waals surface area contributed by atoms with Crippen LogP contribution in [0.4, 0.5) is 5.69 Å². The molecule has 4 heteroatoms. The molecule has 0 aliphatic rings. The standard InChI is InChI=1S/C15H18BrN3/c1-17-9-12-5-6-15(14(16)8-12)19(2)11-13-4-3-7-18-10-13/h3-8,10,17H,9,11H2,1-2H3. The Morgan fingerprint density at radius 2 is 2.11 bits per heavy atom. The minimum atomic E-state index is 0.845. The minimum absolute atomic E-state index is 0.845. The number of hydrogen-bond donors (Lipinski definition) is 1. The summed E-state index contributed by atoms with van der Waals surface area (Å²) in [5.74, 6) is 0. The zero-order valence-electron chi connectivity index (χ0n) is 11.2. The molecule has 0 aliphatic carbocycles. The quantitative estimate of drug-likeness (QED) is 0.917. The highest BCUT2D eigenvalue weighted by molar-refractivity contribution is 9.10. The molecule has 2 aromatic rings. The van der Waals surface area contributed by atoms with Gasteiger partial charge < -0.3 is 10.2 Å². The Kier molecular flexibility index (Phi) is 4.93. The largest absolute Gasteiger partial charge is 0.369 e. The summed E-state index contributed by atoms with van der Waals surface area (Å²) in [5, 5.41) is 3.16. The predicted octanol–water partition coefficient (Wildman–Crippen LogP) is 3.20. The third-order valence-corrected chi connectivity index (χ3v) is 3.58. The third kappa shape index (κ3) is 3.78. The molecule has 2 rings (SSSR count). The van der Waals surface area contributed by atoms with Crippen molar-refractivity contribution in [3.8, 4) is 0 Å². The molecule has 0 bridgehead atoms. The molecule has 1 aromatic heterocycles. The first-order chi connectivity index (χ1) is 9.20. The van der Waals surface area contributed by atoms with Crippen LogP contribution in [0.1, 0.15) is 11.1 Å². The molecule has 1 aromatic carbocycles. The molecule has 19 heavy (non-hydrogen) atoms. The van der Waals surface area contributed by atoms with Crippen LogP contribution in [0.25, 0.3) is 0 Å². The first-order valence-electron chi connectivity index (χ1n) is 6.24. The van der Waals surface area contributed by atoms with Crippen LogP contribution in [-0.2, 0) is 13.1 Å². The van der Waals surface area contributed by atoms with Gasteiger partial charge in [-0.25, -0.2) is 0 Å². The topological polar surface area (TPSA) is 28.2 Å². The van der Waals surface area contributed by atoms with Crippen LogP contribution in [0.5, 0.6) is 0 Å². The second kappa shape index (κ2) is 6.68. The molecule has 0 saturated carbocycles. The fourth-order valence-electron chi connectivity index (χ4n) is 2.02. The van der Waals surface area contributed by atoms with Crippen molar-refractivity contribution in [2.45, 2.75) is 13.1 Å². The van der Waals surface area contributed by atoms with Crippen molar-refractivity contribution < 1.29 is 0 Å². The summed E-state index contributed by atoms with van der Waals surface area (Å²) in [5.41, 5.74) is 3.66. The monoisotopic (exact) mass is 319 g/mol. The Morgan fingerprint density at radius 3 is 2.74 bits per heavy atom. The number of rotatable bonds is 5. The van der Waals surface area contributed by atoms with Crippen LogP contribution >= 0.6 is 15.9 Å². The zero-order valence-corrected chi connectivity index (χ0v) is 12.8. The van der Waals surface area contributed by atoms with Gasteiger partial charge in [-0.3, -0.25) is 4.98 Å². The lowest BCUT2D eigenvalue weighted by Gasteiger charge is -2.21. The Labute approximate surface area is 122 Å². The lowest BCUT2D eigenvalue weighted by Crippen LogP contribution is -2.17. The van der Waals surface area contributed by atoms with Gasteiger partial charge in [0.1, 0.15) is 0 Å². The normalized spacial score (nSPS) is 10.5. The van der Waals surface area contributed by atoms with E-state index in [4.69, 9.17) is 0 Å². The van der Waals surface area contributed by atoms with Gasteiger partial charge in [0.2, 0.25) is 0 Å². The zero-order chi connectivity index (χ0) is 13.7. The van der Waals surface area contributed by atoms with E-state index in [-0.39, 0.29) is 0 Å². The molecule has 100 valence electrons. The van der Waals surface area contributed by atoms with Gasteiger partial charge in [-0.15, -0.1) is 0 Å². The molecule has 1 heterocycles. The molecule has 0 saturated heterocycles. The van der Waals surface area contributed by atoms with Crippen LogP contribution in [-0.4, -0.2) is 19.1 Å². The number of halogens is 1. The van der Waals surface area contributed by atoms with E-state index in [1.54, 1.807) is 6.20 Å². The van der Waals surface area contributed by atoms with Gasteiger partial charge in [0, 0.05) is 37.0 Å². The van der Waals surface area contributed by atoms with Crippen LogP contribution in [0.2, 0.25) is 0 Å². The first-order valence-corrected chi connectivity index (χ1v) is 7.03. The van der Waals surface area contributed by atoms with Gasteiger partial charge in [0.25, 0.3) is 0 Å². The van der Waals surface area contributed by atoms with Gasteiger partial charge in [-0.1, -0.05) is 12.1 Å². The summed E-state index contributed by atoms with van der Waals surface area (Å²) in [4.78, 5) is 6.36. The van der Waals surface area contributed by atoms with Crippen LogP contribution < -0.4 is 10.2 Å². The number of benzene rings is 1. The lowest BCUT2D eigenvalue weighted by atomic mass is 10.2. The van der Waals surface area contributed by atoms with Gasteiger partial charge in [-0.2, -0.15) is 0 Å². The maximum Gasteiger partial charge on any atom is 0.0511 e. The molecule has 0 atom stereocenters. The maximum atomic E-state index is 4.15. The Balaban J connectivity index is 2.13. The van der Waals surface area contributed by atoms with Gasteiger partial charge in [0.05, 0.1) is 5.69 Å². The highest BCUT2D eigenvalue weighted by Crippen LogP contribution is 2.27. The molecular weight excluding hydrogens is 302 g/mol. The average Bonchev–Trinajstić information content (AvgIpc) is 2.40. The van der Waals surface area contributed by atoms with E-state index in [0.717, 1.165) is 17.6 Å². The number of nitrogens with zero attached hydrogens (tertiary/aromatic N) is 2. The van der Waals surface area contributed by atoms with Crippen molar-refractivity contribution in [2.24, 2.45) is 0 Å². The van der Waals surface area contributed by atoms with Gasteiger partial charge >= 0.3 is 0 Å². The van der Waals surface area contributed by atoms with Crippen molar-refractivity contribution in [3.05, 3.63) is 58.3 Å². The molecule has 3 nitrogen and oxygen atoms in total. The smallest absolute Gasteiger partial charge is 0.0511 e. The Hall–Kier alpha value is -1.39. The van der Waals surface area contributed by atoms with E-state index in [2.05, 4.69) is 62.4 Å². The summed E-state index contributed by atoms with van der Waals surface area (Å²) in [6.45, 7) is 1.73. The fraction of sp³-hybridized carbons (Fsp3) is 0.267. The van der Waals surface area contributed by atoms with Crippen molar-refractivity contribution >= 4 is 21.6 Å². The second-order valence-corrected chi connectivity index (χ2v) is 5.39. The predicted molar refractivity (Wildman–Crippen MR) is 83.2 cm³/mol. The summed E-state index contributed by atoms with van der Waals surface area (Å²) < 4.78 is 1.12. The SMILES string of the molecule is CNCc1ccc(N(C)Cc2cccnc2)c(Br)c1. The first kappa shape index (κ1) is 14.0. The van der Waals surface area contributed by atoms with Crippen molar-refractivity contribution in [1.29, 1.82) is 0 Å². The molecule has 0 amide bonds. The fourth-order valence-corrected chi connectivity index (χ4v) is 2.75.